The zero-order chi connectivity index (χ0) is 22.6. The molecule has 2 N–H and O–H groups in total. The number of amides is 2. The van der Waals surface area contributed by atoms with Crippen LogP contribution in [0.5, 0.6) is 0 Å². The van der Waals surface area contributed by atoms with Crippen molar-refractivity contribution in [3.8, 4) is 5.69 Å². The first kappa shape index (κ1) is 21.7. The summed E-state index contributed by atoms with van der Waals surface area (Å²) in [5.74, 6) is 1.02. The number of benzene rings is 2. The Morgan fingerprint density at radius 1 is 1.06 bits per heavy atom. The minimum absolute atomic E-state index is 0.0189. The summed E-state index contributed by atoms with van der Waals surface area (Å²) >= 11 is 0. The number of ether oxygens (including phenoxy) is 1. The number of aromatic nitrogens is 2. The molecule has 2 heterocycles. The lowest BCUT2D eigenvalue weighted by molar-refractivity contribution is 0.159. The van der Waals surface area contributed by atoms with Gasteiger partial charge in [-0.1, -0.05) is 48.5 Å². The number of carbonyl (C=O) groups excluding carboxylic acids is 1. The monoisotopic (exact) mass is 445 g/mol. The molecule has 3 aromatic rings. The fraction of sp³-hybridized carbons (Fsp3) is 0.385. The van der Waals surface area contributed by atoms with Gasteiger partial charge in [0.15, 0.2) is 0 Å². The minimum atomic E-state index is -0.179. The van der Waals surface area contributed by atoms with E-state index in [0.29, 0.717) is 6.61 Å². The van der Waals surface area contributed by atoms with E-state index < -0.39 is 0 Å². The number of para-hydroxylation sites is 1. The third kappa shape index (κ3) is 4.65. The molecular formula is C26H31N5O2. The lowest BCUT2D eigenvalue weighted by Gasteiger charge is -2.21. The molecule has 0 spiro atoms. The van der Waals surface area contributed by atoms with Crippen LogP contribution < -0.4 is 10.6 Å². The van der Waals surface area contributed by atoms with Gasteiger partial charge in [0.25, 0.3) is 0 Å². The van der Waals surface area contributed by atoms with Crippen molar-refractivity contribution in [3.63, 3.8) is 0 Å². The van der Waals surface area contributed by atoms with E-state index >= 15 is 0 Å². The van der Waals surface area contributed by atoms with Gasteiger partial charge in [-0.15, -0.1) is 0 Å². The molecule has 2 amide bonds. The van der Waals surface area contributed by atoms with Gasteiger partial charge in [0.1, 0.15) is 5.82 Å². The molecule has 1 aromatic heterocycles. The van der Waals surface area contributed by atoms with Crippen molar-refractivity contribution in [3.05, 3.63) is 77.5 Å². The van der Waals surface area contributed by atoms with Crippen molar-refractivity contribution in [2.24, 2.45) is 0 Å². The third-order valence-electron chi connectivity index (χ3n) is 6.69. The van der Waals surface area contributed by atoms with Crippen molar-refractivity contribution < 1.29 is 9.53 Å². The summed E-state index contributed by atoms with van der Waals surface area (Å²) < 4.78 is 7.15. The highest BCUT2D eigenvalue weighted by molar-refractivity contribution is 5.90. The van der Waals surface area contributed by atoms with E-state index in [1.54, 1.807) is 7.11 Å². The number of rotatable bonds is 7. The summed E-state index contributed by atoms with van der Waals surface area (Å²) in [5, 5.41) is 11.2. The smallest absolute Gasteiger partial charge is 0.320 e. The van der Waals surface area contributed by atoms with Gasteiger partial charge in [-0.2, -0.15) is 5.10 Å². The second-order valence-corrected chi connectivity index (χ2v) is 8.85. The number of nitrogens with one attached hydrogen (secondary N) is 2. The summed E-state index contributed by atoms with van der Waals surface area (Å²) in [7, 11) is 1.72. The van der Waals surface area contributed by atoms with E-state index in [9.17, 15) is 4.79 Å². The fourth-order valence-corrected chi connectivity index (χ4v) is 5.06. The topological polar surface area (TPSA) is 71.4 Å². The van der Waals surface area contributed by atoms with Crippen molar-refractivity contribution in [2.75, 3.05) is 38.7 Å². The Morgan fingerprint density at radius 3 is 2.58 bits per heavy atom. The molecule has 33 heavy (non-hydrogen) atoms. The molecule has 1 fully saturated rings. The predicted octanol–water partition coefficient (Wildman–Crippen LogP) is 3.60. The molecular weight excluding hydrogens is 414 g/mol. The molecule has 0 radical (unpaired) electrons. The Bertz CT molecular complexity index is 1080. The van der Waals surface area contributed by atoms with E-state index in [4.69, 9.17) is 9.84 Å². The van der Waals surface area contributed by atoms with Crippen LogP contribution in [-0.4, -0.2) is 60.1 Å². The van der Waals surface area contributed by atoms with E-state index in [1.807, 2.05) is 41.1 Å². The molecule has 0 saturated carbocycles. The molecule has 1 aliphatic heterocycles. The number of fused-ring (bicyclic) bond motifs is 1. The number of nitrogens with zero attached hydrogens (tertiary/aromatic N) is 3. The summed E-state index contributed by atoms with van der Waals surface area (Å²) in [6, 6.07) is 20.3. The molecule has 2 aliphatic rings. The molecule has 1 aliphatic carbocycles. The van der Waals surface area contributed by atoms with Crippen molar-refractivity contribution in [1.29, 1.82) is 0 Å². The summed E-state index contributed by atoms with van der Waals surface area (Å²) in [6.07, 6.45) is 2.98. The number of hydrogen-bond acceptors (Lipinski definition) is 4. The largest absolute Gasteiger partial charge is 0.383 e. The maximum absolute atomic E-state index is 13.2. The Labute approximate surface area is 194 Å². The molecule has 7 nitrogen and oxygen atoms in total. The molecule has 172 valence electrons. The molecule has 7 heteroatoms. The maximum Gasteiger partial charge on any atom is 0.320 e. The third-order valence-corrected chi connectivity index (χ3v) is 6.69. The molecule has 5 rings (SSSR count). The number of anilines is 1. The predicted molar refractivity (Wildman–Crippen MR) is 129 cm³/mol. The molecule has 0 bridgehead atoms. The number of urea groups is 1. The molecule has 1 saturated heterocycles. The summed E-state index contributed by atoms with van der Waals surface area (Å²) in [5.41, 5.74) is 4.44. The highest BCUT2D eigenvalue weighted by Crippen LogP contribution is 2.31. The van der Waals surface area contributed by atoms with Crippen LogP contribution in [0.25, 0.3) is 5.69 Å². The van der Waals surface area contributed by atoms with Gasteiger partial charge in [-0.05, 0) is 37.0 Å². The number of hydrogen-bond donors (Lipinski definition) is 2. The zero-order valence-electron chi connectivity index (χ0n) is 19.0. The van der Waals surface area contributed by atoms with E-state index in [1.165, 1.54) is 5.56 Å². The number of methoxy groups -OCH3 is 1. The average Bonchev–Trinajstić information content (AvgIpc) is 3.55. The van der Waals surface area contributed by atoms with Gasteiger partial charge in [-0.3, -0.25) is 10.2 Å². The molecule has 2 aromatic carbocycles. The Hall–Kier alpha value is -3.16. The Kier molecular flexibility index (Phi) is 6.41. The van der Waals surface area contributed by atoms with Crippen LogP contribution in [0.15, 0.2) is 60.7 Å². The van der Waals surface area contributed by atoms with Crippen LogP contribution in [0.2, 0.25) is 0 Å². The van der Waals surface area contributed by atoms with Gasteiger partial charge in [0.2, 0.25) is 0 Å². The quantitative estimate of drug-likeness (QED) is 0.583. The number of likely N-dealkylation sites (tertiary alicyclic amines) is 1. The van der Waals surface area contributed by atoms with Crippen molar-refractivity contribution in [2.45, 2.75) is 31.2 Å². The first-order chi connectivity index (χ1) is 16.2. The summed E-state index contributed by atoms with van der Waals surface area (Å²) in [6.45, 7) is 3.23. The lowest BCUT2D eigenvalue weighted by Crippen LogP contribution is -2.42. The lowest BCUT2D eigenvalue weighted by atomic mass is 9.94. The normalized spacial score (nSPS) is 20.0. The molecule has 2 atom stereocenters. The van der Waals surface area contributed by atoms with Crippen LogP contribution in [-0.2, 0) is 17.6 Å². The highest BCUT2D eigenvalue weighted by atomic mass is 16.5. The van der Waals surface area contributed by atoms with Crippen LogP contribution >= 0.6 is 0 Å². The average molecular weight is 446 g/mol. The van der Waals surface area contributed by atoms with Crippen LogP contribution in [0.4, 0.5) is 10.6 Å². The van der Waals surface area contributed by atoms with Crippen LogP contribution in [0.3, 0.4) is 0 Å². The Morgan fingerprint density at radius 2 is 1.82 bits per heavy atom. The van der Waals surface area contributed by atoms with Gasteiger partial charge >= 0.3 is 6.03 Å². The number of aryl methyl sites for hydroxylation is 1. The SMILES string of the molecule is COCCN1CC(c2ccccc2)[C@H](NC(=O)Nc2c3c(nn2-c2ccccc2)CCC3)C1. The van der Waals surface area contributed by atoms with Gasteiger partial charge in [-0.25, -0.2) is 9.48 Å². The minimum Gasteiger partial charge on any atom is -0.383 e. The highest BCUT2D eigenvalue weighted by Gasteiger charge is 2.35. The Balaban J connectivity index is 1.35. The van der Waals surface area contributed by atoms with E-state index in [0.717, 1.165) is 61.7 Å². The second-order valence-electron chi connectivity index (χ2n) is 8.85. The van der Waals surface area contributed by atoms with Crippen molar-refractivity contribution >= 4 is 11.8 Å². The summed E-state index contributed by atoms with van der Waals surface area (Å²) in [4.78, 5) is 15.6. The van der Waals surface area contributed by atoms with Crippen LogP contribution in [0.1, 0.15) is 29.2 Å². The van der Waals surface area contributed by atoms with E-state index in [-0.39, 0.29) is 18.0 Å². The second kappa shape index (κ2) is 9.77. The first-order valence-corrected chi connectivity index (χ1v) is 11.7. The van der Waals surface area contributed by atoms with Gasteiger partial charge < -0.3 is 10.1 Å². The van der Waals surface area contributed by atoms with E-state index in [2.05, 4.69) is 39.8 Å². The standard InChI is InChI=1S/C26H31N5O2/c1-33-16-15-30-17-22(19-9-4-2-5-10-19)24(18-30)27-26(32)28-25-21-13-8-14-23(21)29-31(25)20-11-6-3-7-12-20/h2-7,9-12,22,24H,8,13-18H2,1H3,(H2,27,28,32)/t22?,24-/m1/s1. The van der Waals surface area contributed by atoms with Gasteiger partial charge in [0, 0.05) is 38.2 Å². The molecule has 1 unspecified atom stereocenters. The number of carbonyl (C=O) groups is 1. The van der Waals surface area contributed by atoms with Gasteiger partial charge in [0.05, 0.1) is 24.0 Å². The first-order valence-electron chi connectivity index (χ1n) is 11.7. The fourth-order valence-electron chi connectivity index (χ4n) is 5.06. The van der Waals surface area contributed by atoms with Crippen LogP contribution in [0, 0.1) is 0 Å². The zero-order valence-corrected chi connectivity index (χ0v) is 19.0. The maximum atomic E-state index is 13.2. The van der Waals surface area contributed by atoms with Crippen molar-refractivity contribution in [1.82, 2.24) is 20.0 Å².